The molecular formula is C12H14N4O. The van der Waals surface area contributed by atoms with E-state index in [0.29, 0.717) is 11.4 Å². The Hall–Kier alpha value is -2.17. The molecular weight excluding hydrogens is 216 g/mol. The Labute approximate surface area is 99.7 Å². The number of nitrogens with two attached hydrogens (primary N) is 1. The molecule has 1 heterocycles. The van der Waals surface area contributed by atoms with Crippen molar-refractivity contribution in [3.63, 3.8) is 0 Å². The first kappa shape index (κ1) is 11.3. The van der Waals surface area contributed by atoms with Gasteiger partial charge in [0.1, 0.15) is 5.75 Å². The van der Waals surface area contributed by atoms with Crippen LogP contribution in [0.2, 0.25) is 0 Å². The Morgan fingerprint density at radius 2 is 2.12 bits per heavy atom. The van der Waals surface area contributed by atoms with Gasteiger partial charge in [-0.05, 0) is 24.1 Å². The summed E-state index contributed by atoms with van der Waals surface area (Å²) in [7, 11) is 1.61. The number of hydrogen-bond donors (Lipinski definition) is 1. The van der Waals surface area contributed by atoms with E-state index in [4.69, 9.17) is 10.5 Å². The third-order valence-corrected chi connectivity index (χ3v) is 2.46. The van der Waals surface area contributed by atoms with Gasteiger partial charge in [-0.3, -0.25) is 0 Å². The Morgan fingerprint density at radius 3 is 2.76 bits per heavy atom. The molecule has 0 unspecified atom stereocenters. The molecule has 0 bridgehead atoms. The molecule has 17 heavy (non-hydrogen) atoms. The molecule has 5 heteroatoms. The highest BCUT2D eigenvalue weighted by Crippen LogP contribution is 2.22. The fourth-order valence-electron chi connectivity index (χ4n) is 1.58. The van der Waals surface area contributed by atoms with Crippen LogP contribution in [0.15, 0.2) is 30.6 Å². The molecule has 0 fully saturated rings. The molecule has 0 amide bonds. The average Bonchev–Trinajstić information content (AvgIpc) is 2.38. The summed E-state index contributed by atoms with van der Waals surface area (Å²) in [5, 5.41) is 7.72. The van der Waals surface area contributed by atoms with E-state index >= 15 is 0 Å². The van der Waals surface area contributed by atoms with Gasteiger partial charge in [0, 0.05) is 12.6 Å². The van der Waals surface area contributed by atoms with Crippen LogP contribution >= 0.6 is 0 Å². The van der Waals surface area contributed by atoms with Crippen LogP contribution in [-0.4, -0.2) is 22.3 Å². The quantitative estimate of drug-likeness (QED) is 0.800. The van der Waals surface area contributed by atoms with Crippen molar-refractivity contribution in [3.05, 3.63) is 42.0 Å². The molecule has 2 rings (SSSR count). The van der Waals surface area contributed by atoms with Gasteiger partial charge in [0.15, 0.2) is 5.82 Å². The number of methoxy groups -OCH3 is 1. The van der Waals surface area contributed by atoms with E-state index in [0.717, 1.165) is 24.2 Å². The molecule has 2 N–H and O–H groups in total. The van der Waals surface area contributed by atoms with Gasteiger partial charge in [-0.2, -0.15) is 5.10 Å². The number of aromatic nitrogens is 3. The molecule has 1 aromatic heterocycles. The minimum absolute atomic E-state index is 0.650. The largest absolute Gasteiger partial charge is 0.495 e. The summed E-state index contributed by atoms with van der Waals surface area (Å²) in [6.45, 7) is 0. The lowest BCUT2D eigenvalue weighted by molar-refractivity contribution is 0.417. The molecule has 0 aliphatic carbocycles. The third kappa shape index (κ3) is 2.90. The third-order valence-electron chi connectivity index (χ3n) is 2.46. The molecule has 0 saturated heterocycles. The van der Waals surface area contributed by atoms with Crippen molar-refractivity contribution in [1.29, 1.82) is 0 Å². The highest BCUT2D eigenvalue weighted by molar-refractivity contribution is 5.54. The van der Waals surface area contributed by atoms with E-state index in [2.05, 4.69) is 15.2 Å². The highest BCUT2D eigenvalue weighted by atomic mass is 16.5. The zero-order chi connectivity index (χ0) is 12.1. The summed E-state index contributed by atoms with van der Waals surface area (Å²) in [6, 6.07) is 5.77. The van der Waals surface area contributed by atoms with Crippen molar-refractivity contribution in [2.24, 2.45) is 0 Å². The van der Waals surface area contributed by atoms with Crippen molar-refractivity contribution in [2.75, 3.05) is 12.8 Å². The van der Waals surface area contributed by atoms with Gasteiger partial charge in [0.25, 0.3) is 0 Å². The van der Waals surface area contributed by atoms with E-state index in [1.165, 1.54) is 0 Å². The lowest BCUT2D eigenvalue weighted by atomic mass is 10.1. The van der Waals surface area contributed by atoms with Crippen LogP contribution in [0.3, 0.4) is 0 Å². The van der Waals surface area contributed by atoms with Crippen LogP contribution in [0.4, 0.5) is 5.69 Å². The van der Waals surface area contributed by atoms with Gasteiger partial charge in [-0.1, -0.05) is 6.07 Å². The smallest absolute Gasteiger partial charge is 0.151 e. The van der Waals surface area contributed by atoms with Crippen molar-refractivity contribution in [1.82, 2.24) is 15.2 Å². The number of nitrogen functional groups attached to an aromatic ring is 1. The number of anilines is 1. The van der Waals surface area contributed by atoms with E-state index in [1.54, 1.807) is 19.5 Å². The number of ether oxygens (including phenoxy) is 1. The van der Waals surface area contributed by atoms with Crippen LogP contribution in [-0.2, 0) is 12.8 Å². The SMILES string of the molecule is COc1ccc(CCc2nccnn2)cc1N. The zero-order valence-electron chi connectivity index (χ0n) is 9.63. The number of rotatable bonds is 4. The number of aryl methyl sites for hydroxylation is 2. The first-order valence-corrected chi connectivity index (χ1v) is 5.34. The first-order chi connectivity index (χ1) is 8.29. The Kier molecular flexibility index (Phi) is 3.49. The Morgan fingerprint density at radius 1 is 1.24 bits per heavy atom. The van der Waals surface area contributed by atoms with Crippen molar-refractivity contribution < 1.29 is 4.74 Å². The standard InChI is InChI=1S/C12H14N4O/c1-17-11-4-2-9(8-10(11)13)3-5-12-14-6-7-15-16-12/h2,4,6-8H,3,5,13H2,1H3. The highest BCUT2D eigenvalue weighted by Gasteiger charge is 2.02. The van der Waals surface area contributed by atoms with Gasteiger partial charge >= 0.3 is 0 Å². The Balaban J connectivity index is 2.02. The molecule has 0 spiro atoms. The minimum atomic E-state index is 0.650. The fraction of sp³-hybridized carbons (Fsp3) is 0.250. The molecule has 0 aliphatic rings. The number of benzene rings is 1. The first-order valence-electron chi connectivity index (χ1n) is 5.34. The van der Waals surface area contributed by atoms with E-state index in [9.17, 15) is 0 Å². The molecule has 0 saturated carbocycles. The summed E-state index contributed by atoms with van der Waals surface area (Å²) in [5.41, 5.74) is 7.62. The molecule has 0 radical (unpaired) electrons. The molecule has 1 aromatic carbocycles. The summed E-state index contributed by atoms with van der Waals surface area (Å²) < 4.78 is 5.10. The summed E-state index contributed by atoms with van der Waals surface area (Å²) in [5.74, 6) is 1.44. The maximum atomic E-state index is 5.83. The van der Waals surface area contributed by atoms with E-state index < -0.39 is 0 Å². The zero-order valence-corrected chi connectivity index (χ0v) is 9.63. The predicted molar refractivity (Wildman–Crippen MR) is 64.6 cm³/mol. The number of nitrogens with zero attached hydrogens (tertiary/aromatic N) is 3. The second kappa shape index (κ2) is 5.25. The second-order valence-electron chi connectivity index (χ2n) is 3.64. The van der Waals surface area contributed by atoms with Gasteiger partial charge in [-0.25, -0.2) is 4.98 Å². The molecule has 0 atom stereocenters. The van der Waals surface area contributed by atoms with Crippen molar-refractivity contribution in [2.45, 2.75) is 12.8 Å². The summed E-state index contributed by atoms with van der Waals surface area (Å²) in [6.07, 6.45) is 4.79. The maximum Gasteiger partial charge on any atom is 0.151 e. The average molecular weight is 230 g/mol. The van der Waals surface area contributed by atoms with Crippen LogP contribution in [0, 0.1) is 0 Å². The van der Waals surface area contributed by atoms with Crippen LogP contribution in [0.1, 0.15) is 11.4 Å². The predicted octanol–water partition coefficient (Wildman–Crippen LogP) is 1.25. The maximum absolute atomic E-state index is 5.83. The molecule has 5 nitrogen and oxygen atoms in total. The van der Waals surface area contributed by atoms with Crippen LogP contribution in [0.25, 0.3) is 0 Å². The van der Waals surface area contributed by atoms with E-state index in [-0.39, 0.29) is 0 Å². The van der Waals surface area contributed by atoms with Gasteiger partial charge in [-0.15, -0.1) is 5.10 Å². The van der Waals surface area contributed by atoms with Gasteiger partial charge in [0.2, 0.25) is 0 Å². The van der Waals surface area contributed by atoms with Crippen molar-refractivity contribution >= 4 is 5.69 Å². The lowest BCUT2D eigenvalue weighted by Gasteiger charge is -2.06. The van der Waals surface area contributed by atoms with Crippen LogP contribution < -0.4 is 10.5 Å². The van der Waals surface area contributed by atoms with Crippen LogP contribution in [0.5, 0.6) is 5.75 Å². The summed E-state index contributed by atoms with van der Waals surface area (Å²) >= 11 is 0. The second-order valence-corrected chi connectivity index (χ2v) is 3.64. The van der Waals surface area contributed by atoms with E-state index in [1.807, 2.05) is 18.2 Å². The molecule has 0 aliphatic heterocycles. The molecule has 2 aromatic rings. The van der Waals surface area contributed by atoms with Crippen molar-refractivity contribution in [3.8, 4) is 5.75 Å². The fourth-order valence-corrected chi connectivity index (χ4v) is 1.58. The lowest BCUT2D eigenvalue weighted by Crippen LogP contribution is -2.00. The number of hydrogen-bond acceptors (Lipinski definition) is 5. The van der Waals surface area contributed by atoms with Gasteiger partial charge < -0.3 is 10.5 Å². The van der Waals surface area contributed by atoms with Gasteiger partial charge in [0.05, 0.1) is 19.0 Å². The summed E-state index contributed by atoms with van der Waals surface area (Å²) in [4.78, 5) is 4.12. The minimum Gasteiger partial charge on any atom is -0.495 e. The topological polar surface area (TPSA) is 73.9 Å². The molecule has 88 valence electrons. The Bertz CT molecular complexity index is 487. The monoisotopic (exact) mass is 230 g/mol. The normalized spacial score (nSPS) is 10.2.